The summed E-state index contributed by atoms with van der Waals surface area (Å²) in [7, 11) is 0. The molecule has 1 fully saturated rings. The van der Waals surface area contributed by atoms with Gasteiger partial charge in [-0.1, -0.05) is 24.3 Å². The van der Waals surface area contributed by atoms with Crippen LogP contribution in [0.2, 0.25) is 0 Å². The highest BCUT2D eigenvalue weighted by Gasteiger charge is 2.36. The highest BCUT2D eigenvalue weighted by molar-refractivity contribution is 6.06. The second-order valence-electron chi connectivity index (χ2n) is 8.04. The first-order valence-electron chi connectivity index (χ1n) is 10.1. The number of carbonyl (C=O) groups is 1. The van der Waals surface area contributed by atoms with Crippen LogP contribution in [0.3, 0.4) is 0 Å². The second-order valence-corrected chi connectivity index (χ2v) is 8.04. The van der Waals surface area contributed by atoms with E-state index in [0.29, 0.717) is 35.1 Å². The molecule has 1 saturated carbocycles. The highest BCUT2D eigenvalue weighted by atomic mass is 19.3. The van der Waals surface area contributed by atoms with Crippen molar-refractivity contribution in [3.05, 3.63) is 54.5 Å². The van der Waals surface area contributed by atoms with Crippen LogP contribution in [0.5, 0.6) is 0 Å². The minimum absolute atomic E-state index is 0.0933. The van der Waals surface area contributed by atoms with Gasteiger partial charge in [-0.2, -0.15) is 0 Å². The third kappa shape index (κ3) is 3.28. The fourth-order valence-electron chi connectivity index (χ4n) is 4.55. The van der Waals surface area contributed by atoms with Gasteiger partial charge in [0.05, 0.1) is 10.9 Å². The molecule has 3 N–H and O–H groups in total. The van der Waals surface area contributed by atoms with Crippen LogP contribution in [-0.4, -0.2) is 31.5 Å². The number of anilines is 1. The molecule has 0 bridgehead atoms. The Morgan fingerprint density at radius 3 is 2.68 bits per heavy atom. The van der Waals surface area contributed by atoms with Crippen LogP contribution in [0.1, 0.15) is 42.1 Å². The Morgan fingerprint density at radius 1 is 1.16 bits per heavy atom. The Balaban J connectivity index is 1.66. The van der Waals surface area contributed by atoms with Gasteiger partial charge in [0, 0.05) is 30.6 Å². The Bertz CT molecular complexity index is 1320. The SMILES string of the molecule is Nc1ncnc2c1c(-c1ccc3c(C(=O)O)cccc3c1)cn2C1CCC(F)(F)CC1. The van der Waals surface area contributed by atoms with E-state index in [2.05, 4.69) is 9.97 Å². The first-order chi connectivity index (χ1) is 14.8. The number of carboxylic acid groups (broad SMARTS) is 1. The summed E-state index contributed by atoms with van der Waals surface area (Å²) in [5.41, 5.74) is 8.68. The Labute approximate surface area is 176 Å². The highest BCUT2D eigenvalue weighted by Crippen LogP contribution is 2.42. The molecule has 4 aromatic rings. The molecule has 0 spiro atoms. The lowest BCUT2D eigenvalue weighted by Gasteiger charge is -2.29. The maximum absolute atomic E-state index is 13.7. The zero-order valence-electron chi connectivity index (χ0n) is 16.6. The molecule has 6 nitrogen and oxygen atoms in total. The number of aromatic carboxylic acids is 1. The van der Waals surface area contributed by atoms with Crippen molar-refractivity contribution >= 4 is 33.6 Å². The molecule has 0 unspecified atom stereocenters. The maximum Gasteiger partial charge on any atom is 0.336 e. The molecular formula is C23H20F2N4O2. The van der Waals surface area contributed by atoms with Gasteiger partial charge >= 0.3 is 5.97 Å². The average molecular weight is 422 g/mol. The van der Waals surface area contributed by atoms with Crippen LogP contribution < -0.4 is 5.73 Å². The molecule has 5 rings (SSSR count). The largest absolute Gasteiger partial charge is 0.478 e. The predicted molar refractivity (Wildman–Crippen MR) is 114 cm³/mol. The van der Waals surface area contributed by atoms with Crippen molar-refractivity contribution in [3.63, 3.8) is 0 Å². The monoisotopic (exact) mass is 422 g/mol. The average Bonchev–Trinajstić information content (AvgIpc) is 3.14. The van der Waals surface area contributed by atoms with Gasteiger partial charge in [0.25, 0.3) is 0 Å². The maximum atomic E-state index is 13.7. The summed E-state index contributed by atoms with van der Waals surface area (Å²) in [5, 5.41) is 11.5. The Hall–Kier alpha value is -3.55. The Kier molecular flexibility index (Phi) is 4.39. The van der Waals surface area contributed by atoms with Gasteiger partial charge in [-0.3, -0.25) is 0 Å². The van der Waals surface area contributed by atoms with E-state index in [-0.39, 0.29) is 24.4 Å². The summed E-state index contributed by atoms with van der Waals surface area (Å²) in [4.78, 5) is 20.1. The van der Waals surface area contributed by atoms with Crippen LogP contribution in [-0.2, 0) is 0 Å². The lowest BCUT2D eigenvalue weighted by atomic mass is 9.92. The number of hydrogen-bond donors (Lipinski definition) is 2. The number of nitrogens with two attached hydrogens (primary N) is 1. The molecule has 31 heavy (non-hydrogen) atoms. The lowest BCUT2D eigenvalue weighted by molar-refractivity contribution is -0.0436. The van der Waals surface area contributed by atoms with Gasteiger partial charge in [-0.05, 0) is 41.3 Å². The van der Waals surface area contributed by atoms with E-state index in [1.54, 1.807) is 18.2 Å². The molecular weight excluding hydrogens is 402 g/mol. The summed E-state index contributed by atoms with van der Waals surface area (Å²) in [6, 6.07) is 10.6. The molecule has 2 heterocycles. The van der Waals surface area contributed by atoms with E-state index >= 15 is 0 Å². The number of halogens is 2. The summed E-state index contributed by atoms with van der Waals surface area (Å²) in [6.45, 7) is 0. The summed E-state index contributed by atoms with van der Waals surface area (Å²) in [5.74, 6) is -3.28. The van der Waals surface area contributed by atoms with Crippen molar-refractivity contribution < 1.29 is 18.7 Å². The topological polar surface area (TPSA) is 94.0 Å². The second kappa shape index (κ2) is 7.01. The molecule has 2 aromatic heterocycles. The fraction of sp³-hybridized carbons (Fsp3) is 0.261. The molecule has 0 radical (unpaired) electrons. The predicted octanol–water partition coefficient (Wildman–Crippen LogP) is 5.28. The van der Waals surface area contributed by atoms with Gasteiger partial charge in [0.15, 0.2) is 0 Å². The fourth-order valence-corrected chi connectivity index (χ4v) is 4.55. The number of rotatable bonds is 3. The van der Waals surface area contributed by atoms with Crippen LogP contribution in [0, 0.1) is 0 Å². The number of hydrogen-bond acceptors (Lipinski definition) is 4. The first kappa shape index (κ1) is 19.4. The normalized spacial score (nSPS) is 16.7. The number of fused-ring (bicyclic) bond motifs is 2. The van der Waals surface area contributed by atoms with Crippen LogP contribution in [0.15, 0.2) is 48.9 Å². The van der Waals surface area contributed by atoms with Crippen LogP contribution in [0.25, 0.3) is 32.9 Å². The van der Waals surface area contributed by atoms with Gasteiger partial charge < -0.3 is 15.4 Å². The third-order valence-electron chi connectivity index (χ3n) is 6.14. The number of alkyl halides is 2. The lowest BCUT2D eigenvalue weighted by Crippen LogP contribution is -2.26. The zero-order valence-corrected chi connectivity index (χ0v) is 16.6. The van der Waals surface area contributed by atoms with Gasteiger partial charge in [-0.15, -0.1) is 0 Å². The minimum Gasteiger partial charge on any atom is -0.478 e. The van der Waals surface area contributed by atoms with E-state index < -0.39 is 11.9 Å². The molecule has 1 aliphatic carbocycles. The molecule has 8 heteroatoms. The molecule has 2 aromatic carbocycles. The van der Waals surface area contributed by atoms with E-state index in [9.17, 15) is 18.7 Å². The van der Waals surface area contributed by atoms with E-state index in [1.807, 2.05) is 29.0 Å². The Morgan fingerprint density at radius 2 is 1.94 bits per heavy atom. The minimum atomic E-state index is -2.61. The van der Waals surface area contributed by atoms with Crippen LogP contribution in [0.4, 0.5) is 14.6 Å². The summed E-state index contributed by atoms with van der Waals surface area (Å²) in [6.07, 6.45) is 3.71. The number of benzene rings is 2. The standard InChI is InChI=1S/C23H20F2N4O2/c24-23(25)8-6-15(7-9-23)29-11-18(19-20(26)27-12-28-21(19)29)14-4-5-16-13(10-14)2-1-3-17(16)22(30)31/h1-5,10-12,15H,6-9H2,(H,30,31)(H2,26,27,28). The number of nitrogens with zero attached hydrogens (tertiary/aromatic N) is 3. The first-order valence-corrected chi connectivity index (χ1v) is 10.1. The van der Waals surface area contributed by atoms with Crippen molar-refractivity contribution in [1.29, 1.82) is 0 Å². The quantitative estimate of drug-likeness (QED) is 0.468. The van der Waals surface area contributed by atoms with E-state index in [4.69, 9.17) is 5.73 Å². The van der Waals surface area contributed by atoms with Crippen molar-refractivity contribution in [2.24, 2.45) is 0 Å². The van der Waals surface area contributed by atoms with Crippen molar-refractivity contribution in [2.75, 3.05) is 5.73 Å². The smallest absolute Gasteiger partial charge is 0.336 e. The van der Waals surface area contributed by atoms with Crippen molar-refractivity contribution in [3.8, 4) is 11.1 Å². The molecule has 0 aliphatic heterocycles. The summed E-state index contributed by atoms with van der Waals surface area (Å²) >= 11 is 0. The van der Waals surface area contributed by atoms with E-state index in [1.165, 1.54) is 6.33 Å². The zero-order chi connectivity index (χ0) is 21.8. The van der Waals surface area contributed by atoms with Crippen molar-refractivity contribution in [2.45, 2.75) is 37.6 Å². The molecule has 158 valence electrons. The molecule has 0 amide bonds. The van der Waals surface area contributed by atoms with E-state index in [0.717, 1.165) is 16.5 Å². The van der Waals surface area contributed by atoms with Gasteiger partial charge in [-0.25, -0.2) is 23.5 Å². The van der Waals surface area contributed by atoms with Crippen molar-refractivity contribution in [1.82, 2.24) is 14.5 Å². The number of aromatic nitrogens is 3. The summed E-state index contributed by atoms with van der Waals surface area (Å²) < 4.78 is 29.3. The molecule has 1 aliphatic rings. The van der Waals surface area contributed by atoms with Gasteiger partial charge in [0.1, 0.15) is 17.8 Å². The number of carboxylic acids is 1. The molecule has 0 atom stereocenters. The molecule has 0 saturated heterocycles. The van der Waals surface area contributed by atoms with Gasteiger partial charge in [0.2, 0.25) is 5.92 Å². The third-order valence-corrected chi connectivity index (χ3v) is 6.14. The van der Waals surface area contributed by atoms with Crippen LogP contribution >= 0.6 is 0 Å². The number of nitrogen functional groups attached to an aromatic ring is 1.